The van der Waals surface area contributed by atoms with Crippen molar-refractivity contribution in [3.05, 3.63) is 59.7 Å². The fourth-order valence-corrected chi connectivity index (χ4v) is 4.47. The van der Waals surface area contributed by atoms with E-state index in [9.17, 15) is 9.18 Å². The van der Waals surface area contributed by atoms with Crippen LogP contribution in [0.15, 0.2) is 48.8 Å². The van der Waals surface area contributed by atoms with Gasteiger partial charge in [0, 0.05) is 44.5 Å². The molecule has 0 saturated carbocycles. The number of amides is 1. The summed E-state index contributed by atoms with van der Waals surface area (Å²) >= 11 is 5.94. The molecule has 3 heterocycles. The van der Waals surface area contributed by atoms with Gasteiger partial charge < -0.3 is 19.9 Å². The Morgan fingerprint density at radius 3 is 2.80 bits per heavy atom. The van der Waals surface area contributed by atoms with Crippen molar-refractivity contribution in [3.63, 3.8) is 0 Å². The standard InChI is InChI=1S/C25H26ClFN6O2/c1-31-9-11-32(12-10-31)8-2-3-22(34)33-13-14-35-24-21(33)7-6-20-23(24)25(29-16-28-20)30-17-4-5-19(27)18(26)15-17/h2-7,15-16H,8-14H2,1H3,(H,28,29,30)/b3-2+. The zero-order valence-electron chi connectivity index (χ0n) is 19.4. The van der Waals surface area contributed by atoms with Gasteiger partial charge in [-0.3, -0.25) is 9.69 Å². The quantitative estimate of drug-likeness (QED) is 0.540. The molecular formula is C25H26ClFN6O2. The summed E-state index contributed by atoms with van der Waals surface area (Å²) in [6.07, 6.45) is 5.01. The van der Waals surface area contributed by atoms with Crippen molar-refractivity contribution < 1.29 is 13.9 Å². The summed E-state index contributed by atoms with van der Waals surface area (Å²) in [6, 6.07) is 8.03. The second-order valence-corrected chi connectivity index (χ2v) is 9.04. The molecule has 1 N–H and O–H groups in total. The highest BCUT2D eigenvalue weighted by Gasteiger charge is 2.26. The van der Waals surface area contributed by atoms with Gasteiger partial charge in [-0.2, -0.15) is 0 Å². The minimum Gasteiger partial charge on any atom is -0.489 e. The Morgan fingerprint density at radius 1 is 1.17 bits per heavy atom. The number of nitrogens with zero attached hydrogens (tertiary/aromatic N) is 5. The predicted octanol–water partition coefficient (Wildman–Crippen LogP) is 3.69. The molecule has 35 heavy (non-hydrogen) atoms. The normalized spacial score (nSPS) is 16.9. The van der Waals surface area contributed by atoms with Crippen LogP contribution in [0.5, 0.6) is 5.75 Å². The Bertz CT molecular complexity index is 1280. The van der Waals surface area contributed by atoms with Crippen molar-refractivity contribution in [2.75, 3.05) is 63.1 Å². The molecule has 1 saturated heterocycles. The number of halogens is 2. The van der Waals surface area contributed by atoms with E-state index in [1.165, 1.54) is 18.5 Å². The number of carbonyl (C=O) groups is 1. The highest BCUT2D eigenvalue weighted by Crippen LogP contribution is 2.41. The third-order valence-corrected chi connectivity index (χ3v) is 6.55. The lowest BCUT2D eigenvalue weighted by Gasteiger charge is -2.31. The maximum absolute atomic E-state index is 13.6. The number of anilines is 3. The van der Waals surface area contributed by atoms with Crippen LogP contribution in [0.25, 0.3) is 10.9 Å². The Labute approximate surface area is 207 Å². The van der Waals surface area contributed by atoms with Gasteiger partial charge in [-0.05, 0) is 37.4 Å². The Kier molecular flexibility index (Phi) is 6.81. The summed E-state index contributed by atoms with van der Waals surface area (Å²) in [5.41, 5.74) is 1.90. The fourth-order valence-electron chi connectivity index (χ4n) is 4.29. The number of aromatic nitrogens is 2. The van der Waals surface area contributed by atoms with Crippen molar-refractivity contribution in [1.29, 1.82) is 0 Å². The molecule has 1 aromatic heterocycles. The van der Waals surface area contributed by atoms with Gasteiger partial charge in [-0.15, -0.1) is 0 Å². The molecule has 0 unspecified atom stereocenters. The lowest BCUT2D eigenvalue weighted by molar-refractivity contribution is -0.114. The van der Waals surface area contributed by atoms with Crippen molar-refractivity contribution in [3.8, 4) is 5.75 Å². The summed E-state index contributed by atoms with van der Waals surface area (Å²) in [5, 5.41) is 3.82. The maximum Gasteiger partial charge on any atom is 0.250 e. The number of rotatable bonds is 5. The van der Waals surface area contributed by atoms with Gasteiger partial charge in [0.25, 0.3) is 5.91 Å². The molecule has 0 spiro atoms. The molecule has 2 aliphatic rings. The molecule has 0 bridgehead atoms. The van der Waals surface area contributed by atoms with Gasteiger partial charge >= 0.3 is 0 Å². The van der Waals surface area contributed by atoms with E-state index in [1.54, 1.807) is 17.0 Å². The van der Waals surface area contributed by atoms with Gasteiger partial charge in [-0.1, -0.05) is 17.7 Å². The van der Waals surface area contributed by atoms with Crippen LogP contribution in [0.3, 0.4) is 0 Å². The summed E-state index contributed by atoms with van der Waals surface area (Å²) in [6.45, 7) is 5.60. The number of fused-ring (bicyclic) bond motifs is 3. The van der Waals surface area contributed by atoms with Crippen LogP contribution in [-0.2, 0) is 4.79 Å². The monoisotopic (exact) mass is 496 g/mol. The molecular weight excluding hydrogens is 471 g/mol. The first kappa shape index (κ1) is 23.5. The second-order valence-electron chi connectivity index (χ2n) is 8.63. The fraction of sp³-hybridized carbons (Fsp3) is 0.320. The largest absolute Gasteiger partial charge is 0.489 e. The van der Waals surface area contributed by atoms with E-state index in [2.05, 4.69) is 32.1 Å². The Hall–Kier alpha value is -3.27. The molecule has 2 aliphatic heterocycles. The smallest absolute Gasteiger partial charge is 0.250 e. The maximum atomic E-state index is 13.6. The zero-order valence-corrected chi connectivity index (χ0v) is 20.1. The van der Waals surface area contributed by atoms with Gasteiger partial charge in [0.05, 0.1) is 28.2 Å². The van der Waals surface area contributed by atoms with E-state index in [4.69, 9.17) is 16.3 Å². The molecule has 182 valence electrons. The molecule has 0 radical (unpaired) electrons. The third-order valence-electron chi connectivity index (χ3n) is 6.26. The van der Waals surface area contributed by atoms with Crippen molar-refractivity contribution in [2.45, 2.75) is 0 Å². The van der Waals surface area contributed by atoms with E-state index in [0.29, 0.717) is 47.0 Å². The first-order chi connectivity index (χ1) is 17.0. The topological polar surface area (TPSA) is 73.8 Å². The number of benzene rings is 2. The summed E-state index contributed by atoms with van der Waals surface area (Å²) < 4.78 is 19.6. The average Bonchev–Trinajstić information content (AvgIpc) is 2.87. The van der Waals surface area contributed by atoms with Crippen LogP contribution in [0, 0.1) is 5.82 Å². The van der Waals surface area contributed by atoms with Crippen LogP contribution in [0.4, 0.5) is 21.6 Å². The lowest BCUT2D eigenvalue weighted by Crippen LogP contribution is -2.44. The minimum atomic E-state index is -0.500. The van der Waals surface area contributed by atoms with Gasteiger partial charge in [0.2, 0.25) is 0 Å². The van der Waals surface area contributed by atoms with Gasteiger partial charge in [-0.25, -0.2) is 14.4 Å². The van der Waals surface area contributed by atoms with Crippen LogP contribution >= 0.6 is 11.6 Å². The molecule has 5 rings (SSSR count). The number of carbonyl (C=O) groups excluding carboxylic acids is 1. The lowest BCUT2D eigenvalue weighted by atomic mass is 10.1. The predicted molar refractivity (Wildman–Crippen MR) is 135 cm³/mol. The van der Waals surface area contributed by atoms with Gasteiger partial charge in [0.1, 0.15) is 24.6 Å². The highest BCUT2D eigenvalue weighted by molar-refractivity contribution is 6.31. The molecule has 2 aromatic carbocycles. The molecule has 1 amide bonds. The van der Waals surface area contributed by atoms with E-state index in [1.807, 2.05) is 18.2 Å². The van der Waals surface area contributed by atoms with E-state index in [-0.39, 0.29) is 10.9 Å². The van der Waals surface area contributed by atoms with Crippen LogP contribution in [0.2, 0.25) is 5.02 Å². The number of piperazine rings is 1. The van der Waals surface area contributed by atoms with Crippen molar-refractivity contribution in [1.82, 2.24) is 19.8 Å². The van der Waals surface area contributed by atoms with Crippen LogP contribution in [0.1, 0.15) is 0 Å². The third kappa shape index (κ3) is 5.07. The molecule has 3 aromatic rings. The van der Waals surface area contributed by atoms with Crippen molar-refractivity contribution in [2.24, 2.45) is 0 Å². The SMILES string of the molecule is CN1CCN(C/C=C/C(=O)N2CCOc3c2ccc2ncnc(Nc4ccc(F)c(Cl)c4)c32)CC1. The Morgan fingerprint density at radius 2 is 2.00 bits per heavy atom. The first-order valence-corrected chi connectivity index (χ1v) is 11.9. The van der Waals surface area contributed by atoms with Crippen LogP contribution in [-0.4, -0.2) is 78.6 Å². The van der Waals surface area contributed by atoms with E-state index in [0.717, 1.165) is 32.7 Å². The van der Waals surface area contributed by atoms with Gasteiger partial charge in [0.15, 0.2) is 5.75 Å². The first-order valence-electron chi connectivity index (χ1n) is 11.5. The van der Waals surface area contributed by atoms with Crippen molar-refractivity contribution >= 4 is 45.6 Å². The summed E-state index contributed by atoms with van der Waals surface area (Å²) in [5.74, 6) is 0.417. The molecule has 8 nitrogen and oxygen atoms in total. The molecule has 1 fully saturated rings. The number of hydrogen-bond donors (Lipinski definition) is 1. The summed E-state index contributed by atoms with van der Waals surface area (Å²) in [7, 11) is 2.12. The molecule has 0 atom stereocenters. The minimum absolute atomic E-state index is 0.00627. The highest BCUT2D eigenvalue weighted by atomic mass is 35.5. The van der Waals surface area contributed by atoms with E-state index < -0.39 is 5.82 Å². The summed E-state index contributed by atoms with van der Waals surface area (Å²) in [4.78, 5) is 28.2. The zero-order chi connectivity index (χ0) is 24.4. The number of ether oxygens (including phenoxy) is 1. The molecule has 0 aliphatic carbocycles. The van der Waals surface area contributed by atoms with E-state index >= 15 is 0 Å². The number of likely N-dealkylation sites (N-methyl/N-ethyl adjacent to an activating group) is 1. The number of nitrogens with one attached hydrogen (secondary N) is 1. The van der Waals surface area contributed by atoms with Crippen LogP contribution < -0.4 is 15.0 Å². The number of hydrogen-bond acceptors (Lipinski definition) is 7. The Balaban J connectivity index is 1.40. The molecule has 10 heteroatoms. The average molecular weight is 497 g/mol. The second kappa shape index (κ2) is 10.2.